The van der Waals surface area contributed by atoms with Gasteiger partial charge >= 0.3 is 0 Å². The van der Waals surface area contributed by atoms with Gasteiger partial charge in [0.1, 0.15) is 6.61 Å². The van der Waals surface area contributed by atoms with E-state index in [0.717, 1.165) is 0 Å². The van der Waals surface area contributed by atoms with E-state index in [-0.39, 0.29) is 12.4 Å². The fourth-order valence-corrected chi connectivity index (χ4v) is 0.694. The molecular formula is C8H10N2O2. The lowest BCUT2D eigenvalue weighted by molar-refractivity contribution is -0.118. The topological polar surface area (TPSA) is 65.2 Å². The molecule has 0 aliphatic heterocycles. The molecule has 0 aromatic carbocycles. The Kier molecular flexibility index (Phi) is 2.63. The molecule has 0 radical (unpaired) electrons. The van der Waals surface area contributed by atoms with Gasteiger partial charge in [0.2, 0.25) is 5.88 Å². The van der Waals surface area contributed by atoms with E-state index in [1.807, 2.05) is 0 Å². The lowest BCUT2D eigenvalue weighted by Crippen LogP contribution is -2.08. The summed E-state index contributed by atoms with van der Waals surface area (Å²) in [6.07, 6.45) is 1.56. The number of ketones is 1. The van der Waals surface area contributed by atoms with Crippen molar-refractivity contribution in [2.24, 2.45) is 0 Å². The highest BCUT2D eigenvalue weighted by atomic mass is 16.5. The maximum Gasteiger partial charge on any atom is 0.237 e. The van der Waals surface area contributed by atoms with E-state index < -0.39 is 0 Å². The number of Topliss-reactive ketones (excluding diaryl/α,β-unsaturated/α-hetero) is 1. The van der Waals surface area contributed by atoms with E-state index in [9.17, 15) is 4.79 Å². The Balaban J connectivity index is 2.63. The van der Waals surface area contributed by atoms with Crippen LogP contribution in [0.1, 0.15) is 6.92 Å². The fourth-order valence-electron chi connectivity index (χ4n) is 0.694. The van der Waals surface area contributed by atoms with Crippen LogP contribution in [0.15, 0.2) is 18.3 Å². The number of aromatic nitrogens is 1. The number of carbonyl (C=O) groups is 1. The predicted molar refractivity (Wildman–Crippen MR) is 44.8 cm³/mol. The lowest BCUT2D eigenvalue weighted by Gasteiger charge is -2.03. The SMILES string of the molecule is CC(=O)COc1ncccc1N. The minimum absolute atomic E-state index is 0.0151. The Hall–Kier alpha value is -1.58. The van der Waals surface area contributed by atoms with Gasteiger partial charge in [-0.25, -0.2) is 4.98 Å². The van der Waals surface area contributed by atoms with Crippen molar-refractivity contribution in [1.29, 1.82) is 0 Å². The zero-order valence-corrected chi connectivity index (χ0v) is 6.78. The number of carbonyl (C=O) groups excluding carboxylic acids is 1. The number of rotatable bonds is 3. The fraction of sp³-hybridized carbons (Fsp3) is 0.250. The summed E-state index contributed by atoms with van der Waals surface area (Å²) in [6.45, 7) is 1.46. The number of hydrogen-bond acceptors (Lipinski definition) is 4. The summed E-state index contributed by atoms with van der Waals surface area (Å²) in [4.78, 5) is 14.4. The largest absolute Gasteiger partial charge is 0.468 e. The van der Waals surface area contributed by atoms with Crippen LogP contribution in [0.25, 0.3) is 0 Å². The molecule has 0 aliphatic carbocycles. The third kappa shape index (κ3) is 2.23. The minimum atomic E-state index is -0.0555. The molecule has 1 heterocycles. The smallest absolute Gasteiger partial charge is 0.237 e. The van der Waals surface area contributed by atoms with E-state index in [0.29, 0.717) is 11.6 Å². The minimum Gasteiger partial charge on any atom is -0.468 e. The zero-order chi connectivity index (χ0) is 8.97. The normalized spacial score (nSPS) is 9.42. The molecule has 0 atom stereocenters. The first-order valence-corrected chi connectivity index (χ1v) is 3.53. The zero-order valence-electron chi connectivity index (χ0n) is 6.78. The van der Waals surface area contributed by atoms with Crippen LogP contribution >= 0.6 is 0 Å². The summed E-state index contributed by atoms with van der Waals surface area (Å²) in [5.41, 5.74) is 5.95. The van der Waals surface area contributed by atoms with Crippen LogP contribution in [0, 0.1) is 0 Å². The number of nitrogens with two attached hydrogens (primary N) is 1. The maximum absolute atomic E-state index is 10.5. The van der Waals surface area contributed by atoms with Gasteiger partial charge in [-0.1, -0.05) is 0 Å². The van der Waals surface area contributed by atoms with Crippen LogP contribution < -0.4 is 10.5 Å². The Morgan fingerprint density at radius 2 is 2.50 bits per heavy atom. The first kappa shape index (κ1) is 8.52. The molecule has 0 bridgehead atoms. The van der Waals surface area contributed by atoms with Crippen molar-refractivity contribution >= 4 is 11.5 Å². The van der Waals surface area contributed by atoms with Gasteiger partial charge in [-0.2, -0.15) is 0 Å². The van der Waals surface area contributed by atoms with E-state index in [2.05, 4.69) is 4.98 Å². The van der Waals surface area contributed by atoms with Crippen LogP contribution in [-0.4, -0.2) is 17.4 Å². The van der Waals surface area contributed by atoms with Gasteiger partial charge in [0, 0.05) is 6.20 Å². The van der Waals surface area contributed by atoms with Gasteiger partial charge in [0.25, 0.3) is 0 Å². The summed E-state index contributed by atoms with van der Waals surface area (Å²) in [7, 11) is 0. The molecule has 2 N–H and O–H groups in total. The summed E-state index contributed by atoms with van der Waals surface area (Å²) >= 11 is 0. The quantitative estimate of drug-likeness (QED) is 0.715. The average molecular weight is 166 g/mol. The summed E-state index contributed by atoms with van der Waals surface area (Å²) in [5.74, 6) is 0.257. The Morgan fingerprint density at radius 1 is 1.75 bits per heavy atom. The second-order valence-corrected chi connectivity index (χ2v) is 2.39. The molecule has 0 unspecified atom stereocenters. The van der Waals surface area contributed by atoms with Gasteiger partial charge in [-0.15, -0.1) is 0 Å². The van der Waals surface area contributed by atoms with Crippen molar-refractivity contribution in [3.63, 3.8) is 0 Å². The number of hydrogen-bond donors (Lipinski definition) is 1. The highest BCUT2D eigenvalue weighted by molar-refractivity contribution is 5.77. The van der Waals surface area contributed by atoms with Gasteiger partial charge in [0.15, 0.2) is 5.78 Å². The van der Waals surface area contributed by atoms with Crippen LogP contribution in [0.3, 0.4) is 0 Å². The highest BCUT2D eigenvalue weighted by Gasteiger charge is 2.00. The number of ether oxygens (including phenoxy) is 1. The third-order valence-electron chi connectivity index (χ3n) is 1.21. The number of nitrogens with zero attached hydrogens (tertiary/aromatic N) is 1. The standard InChI is InChI=1S/C8H10N2O2/c1-6(11)5-12-8-7(9)3-2-4-10-8/h2-4H,5,9H2,1H3. The van der Waals surface area contributed by atoms with Crippen LogP contribution in [0.2, 0.25) is 0 Å². The molecule has 0 amide bonds. The molecule has 0 spiro atoms. The monoisotopic (exact) mass is 166 g/mol. The molecule has 64 valence electrons. The summed E-state index contributed by atoms with van der Waals surface area (Å²) in [5, 5.41) is 0. The van der Waals surface area contributed by atoms with E-state index in [4.69, 9.17) is 10.5 Å². The molecule has 0 saturated heterocycles. The molecule has 4 heteroatoms. The molecule has 4 nitrogen and oxygen atoms in total. The van der Waals surface area contributed by atoms with Crippen LogP contribution in [0.5, 0.6) is 5.88 Å². The maximum atomic E-state index is 10.5. The Labute approximate surface area is 70.4 Å². The van der Waals surface area contributed by atoms with Crippen molar-refractivity contribution in [2.75, 3.05) is 12.3 Å². The van der Waals surface area contributed by atoms with Crippen molar-refractivity contribution in [3.05, 3.63) is 18.3 Å². The van der Waals surface area contributed by atoms with E-state index in [1.165, 1.54) is 6.92 Å². The van der Waals surface area contributed by atoms with Crippen LogP contribution in [-0.2, 0) is 4.79 Å². The van der Waals surface area contributed by atoms with Gasteiger partial charge in [-0.3, -0.25) is 4.79 Å². The molecule has 1 rings (SSSR count). The van der Waals surface area contributed by atoms with Gasteiger partial charge in [0.05, 0.1) is 5.69 Å². The van der Waals surface area contributed by atoms with Crippen molar-refractivity contribution in [3.8, 4) is 5.88 Å². The second kappa shape index (κ2) is 3.71. The molecule has 12 heavy (non-hydrogen) atoms. The van der Waals surface area contributed by atoms with E-state index >= 15 is 0 Å². The van der Waals surface area contributed by atoms with Gasteiger partial charge in [-0.05, 0) is 19.1 Å². The van der Waals surface area contributed by atoms with E-state index in [1.54, 1.807) is 18.3 Å². The third-order valence-corrected chi connectivity index (χ3v) is 1.21. The van der Waals surface area contributed by atoms with Gasteiger partial charge < -0.3 is 10.5 Å². The molecule has 0 saturated carbocycles. The van der Waals surface area contributed by atoms with Crippen molar-refractivity contribution in [2.45, 2.75) is 6.92 Å². The first-order chi connectivity index (χ1) is 5.70. The highest BCUT2D eigenvalue weighted by Crippen LogP contribution is 2.15. The Bertz CT molecular complexity index is 286. The number of anilines is 1. The van der Waals surface area contributed by atoms with Crippen LogP contribution in [0.4, 0.5) is 5.69 Å². The Morgan fingerprint density at radius 3 is 3.08 bits per heavy atom. The number of pyridine rings is 1. The van der Waals surface area contributed by atoms with Crippen molar-refractivity contribution in [1.82, 2.24) is 4.98 Å². The molecule has 1 aromatic rings. The molecule has 0 fully saturated rings. The van der Waals surface area contributed by atoms with Crippen molar-refractivity contribution < 1.29 is 9.53 Å². The molecular weight excluding hydrogens is 156 g/mol. The average Bonchev–Trinajstić information content (AvgIpc) is 2.03. The molecule has 1 aromatic heterocycles. The summed E-state index contributed by atoms with van der Waals surface area (Å²) < 4.78 is 5.01. The first-order valence-electron chi connectivity index (χ1n) is 3.53. The number of nitrogen functional groups attached to an aromatic ring is 1. The second-order valence-electron chi connectivity index (χ2n) is 2.39. The summed E-state index contributed by atoms with van der Waals surface area (Å²) in [6, 6.07) is 3.37. The predicted octanol–water partition coefficient (Wildman–Crippen LogP) is 0.632. The lowest BCUT2D eigenvalue weighted by atomic mass is 10.4. The molecule has 0 aliphatic rings.